The number of hydrogen-bond donors (Lipinski definition) is 0. The highest BCUT2D eigenvalue weighted by molar-refractivity contribution is 7.98. The molecule has 1 unspecified atom stereocenters. The van der Waals surface area contributed by atoms with Crippen LogP contribution in [0.3, 0.4) is 0 Å². The molecule has 11 heavy (non-hydrogen) atoms. The Kier molecular flexibility index (Phi) is 5.24. The molecule has 0 heterocycles. The van der Waals surface area contributed by atoms with E-state index in [-0.39, 0.29) is 0 Å². The van der Waals surface area contributed by atoms with Gasteiger partial charge in [0.1, 0.15) is 0 Å². The Balaban J connectivity index is 3.76. The molecule has 0 spiro atoms. The van der Waals surface area contributed by atoms with E-state index in [1.54, 1.807) is 0 Å². The van der Waals surface area contributed by atoms with Crippen LogP contribution in [0.25, 0.3) is 0 Å². The van der Waals surface area contributed by atoms with Crippen molar-refractivity contribution in [1.29, 1.82) is 0 Å². The van der Waals surface area contributed by atoms with Crippen LogP contribution in [-0.4, -0.2) is 12.0 Å². The molecule has 0 saturated carbocycles. The molecule has 0 radical (unpaired) electrons. The molecule has 68 valence electrons. The van der Waals surface area contributed by atoms with Crippen LogP contribution in [0.4, 0.5) is 0 Å². The summed E-state index contributed by atoms with van der Waals surface area (Å²) < 4.78 is 0. The van der Waals surface area contributed by atoms with Crippen LogP contribution < -0.4 is 0 Å². The van der Waals surface area contributed by atoms with Crippen molar-refractivity contribution in [3.63, 3.8) is 0 Å². The van der Waals surface area contributed by atoms with E-state index in [1.807, 2.05) is 11.8 Å². The maximum atomic E-state index is 2.35. The van der Waals surface area contributed by atoms with E-state index in [9.17, 15) is 0 Å². The molecule has 0 aromatic rings. The van der Waals surface area contributed by atoms with E-state index < -0.39 is 0 Å². The van der Waals surface area contributed by atoms with Gasteiger partial charge < -0.3 is 0 Å². The number of thioether (sulfide) groups is 1. The molecule has 0 aromatic heterocycles. The van der Waals surface area contributed by atoms with Gasteiger partial charge in [0.05, 0.1) is 0 Å². The Bertz CT molecular complexity index is 91.5. The fourth-order valence-corrected chi connectivity index (χ4v) is 2.03. The summed E-state index contributed by atoms with van der Waals surface area (Å²) in [6, 6.07) is 0. The fourth-order valence-electron chi connectivity index (χ4n) is 1.51. The summed E-state index contributed by atoms with van der Waals surface area (Å²) >= 11 is 1.96. The third-order valence-electron chi connectivity index (χ3n) is 2.39. The van der Waals surface area contributed by atoms with Crippen LogP contribution in [0, 0.1) is 11.3 Å². The Morgan fingerprint density at radius 2 is 1.82 bits per heavy atom. The monoisotopic (exact) mass is 174 g/mol. The lowest BCUT2D eigenvalue weighted by atomic mass is 9.78. The lowest BCUT2D eigenvalue weighted by molar-refractivity contribution is 0.227. The van der Waals surface area contributed by atoms with E-state index in [1.165, 1.54) is 18.6 Å². The quantitative estimate of drug-likeness (QED) is 0.624. The van der Waals surface area contributed by atoms with Gasteiger partial charge in [0.2, 0.25) is 0 Å². The van der Waals surface area contributed by atoms with E-state index in [0.717, 1.165) is 5.92 Å². The molecule has 0 fully saturated rings. The predicted molar refractivity (Wildman–Crippen MR) is 56.2 cm³/mol. The van der Waals surface area contributed by atoms with Gasteiger partial charge in [-0.25, -0.2) is 0 Å². The predicted octanol–water partition coefficient (Wildman–Crippen LogP) is 3.81. The van der Waals surface area contributed by atoms with E-state index >= 15 is 0 Å². The van der Waals surface area contributed by atoms with Crippen molar-refractivity contribution in [2.45, 2.75) is 40.5 Å². The zero-order valence-corrected chi connectivity index (χ0v) is 9.42. The lowest BCUT2D eigenvalue weighted by Crippen LogP contribution is -2.20. The lowest BCUT2D eigenvalue weighted by Gasteiger charge is -2.29. The van der Waals surface area contributed by atoms with Crippen molar-refractivity contribution in [1.82, 2.24) is 0 Å². The largest absolute Gasteiger partial charge is 0.165 e. The molecule has 0 saturated heterocycles. The maximum absolute atomic E-state index is 2.35. The Morgan fingerprint density at radius 1 is 1.27 bits per heavy atom. The first-order chi connectivity index (χ1) is 5.02. The topological polar surface area (TPSA) is 0 Å². The van der Waals surface area contributed by atoms with Gasteiger partial charge in [0.15, 0.2) is 0 Å². The summed E-state index contributed by atoms with van der Waals surface area (Å²) in [6.45, 7) is 9.35. The molecule has 0 bridgehead atoms. The smallest absolute Gasteiger partial charge is 0.00675 e. The fraction of sp³-hybridized carbons (Fsp3) is 1.00. The SMILES string of the molecule is CCC(CCSC)C(C)(C)C. The van der Waals surface area contributed by atoms with Crippen LogP contribution in [-0.2, 0) is 0 Å². The summed E-state index contributed by atoms with van der Waals surface area (Å²) in [7, 11) is 0. The molecule has 1 heteroatoms. The van der Waals surface area contributed by atoms with Crippen molar-refractivity contribution in [2.24, 2.45) is 11.3 Å². The van der Waals surface area contributed by atoms with Gasteiger partial charge in [-0.05, 0) is 29.8 Å². The van der Waals surface area contributed by atoms with Gasteiger partial charge in [-0.15, -0.1) is 0 Å². The van der Waals surface area contributed by atoms with Crippen LogP contribution in [0.15, 0.2) is 0 Å². The molecular formula is C10H22S. The summed E-state index contributed by atoms with van der Waals surface area (Å²) in [5, 5.41) is 0. The minimum absolute atomic E-state index is 0.504. The van der Waals surface area contributed by atoms with E-state index in [4.69, 9.17) is 0 Å². The highest BCUT2D eigenvalue weighted by Crippen LogP contribution is 2.31. The molecule has 1 atom stereocenters. The molecule has 0 aliphatic carbocycles. The van der Waals surface area contributed by atoms with Crippen molar-refractivity contribution >= 4 is 11.8 Å². The van der Waals surface area contributed by atoms with Gasteiger partial charge >= 0.3 is 0 Å². The second-order valence-electron chi connectivity index (χ2n) is 4.25. The van der Waals surface area contributed by atoms with Gasteiger partial charge in [-0.3, -0.25) is 0 Å². The molecule has 0 nitrogen and oxygen atoms in total. The third-order valence-corrected chi connectivity index (χ3v) is 3.03. The zero-order valence-electron chi connectivity index (χ0n) is 8.61. The van der Waals surface area contributed by atoms with E-state index in [0.29, 0.717) is 5.41 Å². The average molecular weight is 174 g/mol. The Labute approximate surface area is 76.1 Å². The number of hydrogen-bond acceptors (Lipinski definition) is 1. The van der Waals surface area contributed by atoms with Gasteiger partial charge in [0.25, 0.3) is 0 Å². The van der Waals surface area contributed by atoms with Gasteiger partial charge in [0, 0.05) is 0 Å². The van der Waals surface area contributed by atoms with Crippen molar-refractivity contribution in [3.8, 4) is 0 Å². The first kappa shape index (κ1) is 11.4. The van der Waals surface area contributed by atoms with Crippen LogP contribution in [0.5, 0.6) is 0 Å². The van der Waals surface area contributed by atoms with Crippen LogP contribution >= 0.6 is 11.8 Å². The first-order valence-corrected chi connectivity index (χ1v) is 5.90. The molecule has 0 aliphatic rings. The maximum Gasteiger partial charge on any atom is -0.00675 e. The van der Waals surface area contributed by atoms with Crippen molar-refractivity contribution in [2.75, 3.05) is 12.0 Å². The molecular weight excluding hydrogens is 152 g/mol. The second-order valence-corrected chi connectivity index (χ2v) is 5.24. The zero-order chi connectivity index (χ0) is 8.91. The van der Waals surface area contributed by atoms with Crippen molar-refractivity contribution < 1.29 is 0 Å². The Hall–Kier alpha value is 0.350. The van der Waals surface area contributed by atoms with Crippen molar-refractivity contribution in [3.05, 3.63) is 0 Å². The third kappa shape index (κ3) is 4.73. The molecule has 0 amide bonds. The minimum Gasteiger partial charge on any atom is -0.165 e. The van der Waals surface area contributed by atoms with Crippen LogP contribution in [0.2, 0.25) is 0 Å². The Morgan fingerprint density at radius 3 is 2.09 bits per heavy atom. The van der Waals surface area contributed by atoms with Crippen LogP contribution in [0.1, 0.15) is 40.5 Å². The van der Waals surface area contributed by atoms with Gasteiger partial charge in [-0.1, -0.05) is 34.1 Å². The van der Waals surface area contributed by atoms with E-state index in [2.05, 4.69) is 34.0 Å². The summed E-state index contributed by atoms with van der Waals surface area (Å²) in [5.74, 6) is 2.21. The highest BCUT2D eigenvalue weighted by Gasteiger charge is 2.21. The van der Waals surface area contributed by atoms with Gasteiger partial charge in [-0.2, -0.15) is 11.8 Å². The molecule has 0 aliphatic heterocycles. The highest BCUT2D eigenvalue weighted by atomic mass is 32.2. The molecule has 0 rings (SSSR count). The first-order valence-electron chi connectivity index (χ1n) is 4.51. The molecule has 0 N–H and O–H groups in total. The molecule has 0 aromatic carbocycles. The summed E-state index contributed by atoms with van der Waals surface area (Å²) in [4.78, 5) is 0. The number of rotatable bonds is 4. The standard InChI is InChI=1S/C10H22S/c1-6-9(7-8-11-5)10(2,3)4/h9H,6-8H2,1-5H3. The summed E-state index contributed by atoms with van der Waals surface area (Å²) in [5.41, 5.74) is 0.504. The summed E-state index contributed by atoms with van der Waals surface area (Å²) in [6.07, 6.45) is 4.89. The minimum atomic E-state index is 0.504. The second kappa shape index (κ2) is 5.08. The average Bonchev–Trinajstić information content (AvgIpc) is 1.87. The normalized spacial score (nSPS) is 15.0.